The first kappa shape index (κ1) is 5.97. The van der Waals surface area contributed by atoms with Crippen LogP contribution >= 0.6 is 0 Å². The zero-order chi connectivity index (χ0) is 6.53. The van der Waals surface area contributed by atoms with E-state index in [0.29, 0.717) is 0 Å². The van der Waals surface area contributed by atoms with Crippen molar-refractivity contribution >= 4 is 0 Å². The zero-order valence-electron chi connectivity index (χ0n) is 5.35. The van der Waals surface area contributed by atoms with Crippen molar-refractivity contribution in [1.82, 2.24) is 0 Å². The molecule has 1 rings (SSSR count). The Morgan fingerprint density at radius 1 is 1.67 bits per heavy atom. The highest BCUT2D eigenvalue weighted by Crippen LogP contribution is 1.95. The maximum atomic E-state index is 4.96. The van der Waals surface area contributed by atoms with Gasteiger partial charge in [-0.3, -0.25) is 0 Å². The number of rotatable bonds is 0. The van der Waals surface area contributed by atoms with Crippen LogP contribution in [0.1, 0.15) is 19.1 Å². The molecule has 0 N–H and O–H groups in total. The van der Waals surface area contributed by atoms with Gasteiger partial charge in [0.1, 0.15) is 0 Å². The predicted octanol–water partition coefficient (Wildman–Crippen LogP) is 2.04. The van der Waals surface area contributed by atoms with E-state index in [1.165, 1.54) is 0 Å². The number of hydrogen-bond donors (Lipinski definition) is 0. The molecule has 9 heavy (non-hydrogen) atoms. The Morgan fingerprint density at radius 2 is 2.56 bits per heavy atom. The summed E-state index contributed by atoms with van der Waals surface area (Å²) in [5.41, 5.74) is 0. The molecule has 1 heterocycles. The highest BCUT2D eigenvalue weighted by atomic mass is 16.3. The van der Waals surface area contributed by atoms with E-state index in [1.54, 1.807) is 6.26 Å². The van der Waals surface area contributed by atoms with Gasteiger partial charge in [-0.2, -0.15) is 0 Å². The van der Waals surface area contributed by atoms with Crippen molar-refractivity contribution in [3.8, 4) is 11.8 Å². The van der Waals surface area contributed by atoms with Crippen LogP contribution < -0.4 is 0 Å². The summed E-state index contributed by atoms with van der Waals surface area (Å²) in [6, 6.07) is 3.68. The molecule has 46 valence electrons. The van der Waals surface area contributed by atoms with Gasteiger partial charge in [0.15, 0.2) is 5.76 Å². The van der Waals surface area contributed by atoms with Crippen LogP contribution in [0.3, 0.4) is 0 Å². The van der Waals surface area contributed by atoms with Gasteiger partial charge >= 0.3 is 0 Å². The highest BCUT2D eigenvalue weighted by molar-refractivity contribution is 5.23. The third-order valence-electron chi connectivity index (χ3n) is 0.910. The van der Waals surface area contributed by atoms with Crippen molar-refractivity contribution in [1.29, 1.82) is 0 Å². The molecule has 1 aromatic heterocycles. The van der Waals surface area contributed by atoms with Crippen molar-refractivity contribution in [3.63, 3.8) is 0 Å². The standard InChI is InChI=1S/C8H8O/c1-2-3-5-8-6-4-7-9-8/h4,6-7H,2H2,1H3. The van der Waals surface area contributed by atoms with Crippen molar-refractivity contribution in [3.05, 3.63) is 24.2 Å². The molecule has 0 aromatic carbocycles. The summed E-state index contributed by atoms with van der Waals surface area (Å²) in [5, 5.41) is 0. The summed E-state index contributed by atoms with van der Waals surface area (Å²) in [7, 11) is 0. The summed E-state index contributed by atoms with van der Waals surface area (Å²) in [4.78, 5) is 0. The molecule has 0 amide bonds. The van der Waals surface area contributed by atoms with Gasteiger partial charge in [0.05, 0.1) is 6.26 Å². The van der Waals surface area contributed by atoms with Crippen LogP contribution in [0, 0.1) is 11.8 Å². The minimum absolute atomic E-state index is 0.747. The molecule has 0 spiro atoms. The Bertz CT molecular complexity index is 210. The van der Waals surface area contributed by atoms with Crippen molar-refractivity contribution in [2.24, 2.45) is 0 Å². The molecule has 1 aromatic rings. The number of furan rings is 1. The zero-order valence-corrected chi connectivity index (χ0v) is 5.35. The summed E-state index contributed by atoms with van der Waals surface area (Å²) in [5.74, 6) is 6.51. The van der Waals surface area contributed by atoms with E-state index in [1.807, 2.05) is 19.1 Å². The molecule has 1 heteroatoms. The fourth-order valence-electron chi connectivity index (χ4n) is 0.525. The molecule has 1 nitrogen and oxygen atoms in total. The lowest BCUT2D eigenvalue weighted by Gasteiger charge is -1.73. The smallest absolute Gasteiger partial charge is 0.176 e. The first-order valence-electron chi connectivity index (χ1n) is 2.96. The average molecular weight is 120 g/mol. The molecule has 0 fully saturated rings. The van der Waals surface area contributed by atoms with Crippen LogP contribution in [0.5, 0.6) is 0 Å². The molecular formula is C8H8O. The maximum Gasteiger partial charge on any atom is 0.176 e. The summed E-state index contributed by atoms with van der Waals surface area (Å²) >= 11 is 0. The summed E-state index contributed by atoms with van der Waals surface area (Å²) in [6.45, 7) is 2.01. The Labute approximate surface area is 54.7 Å². The van der Waals surface area contributed by atoms with E-state index in [9.17, 15) is 0 Å². The van der Waals surface area contributed by atoms with E-state index in [0.717, 1.165) is 12.2 Å². The largest absolute Gasteiger partial charge is 0.456 e. The van der Waals surface area contributed by atoms with E-state index < -0.39 is 0 Å². The molecule has 0 aliphatic carbocycles. The quantitative estimate of drug-likeness (QED) is 0.477. The Kier molecular flexibility index (Phi) is 1.98. The minimum Gasteiger partial charge on any atom is -0.456 e. The molecule has 0 aliphatic heterocycles. The fourth-order valence-corrected chi connectivity index (χ4v) is 0.525. The van der Waals surface area contributed by atoms with Gasteiger partial charge in [0, 0.05) is 6.42 Å². The van der Waals surface area contributed by atoms with Gasteiger partial charge in [0.25, 0.3) is 0 Å². The topological polar surface area (TPSA) is 13.1 Å². The van der Waals surface area contributed by atoms with E-state index >= 15 is 0 Å². The Balaban J connectivity index is 2.67. The van der Waals surface area contributed by atoms with Gasteiger partial charge in [-0.25, -0.2) is 0 Å². The molecule has 0 saturated carbocycles. The molecule has 0 bridgehead atoms. The van der Waals surface area contributed by atoms with Crippen LogP contribution in [0.2, 0.25) is 0 Å². The second-order valence-corrected chi connectivity index (χ2v) is 1.63. The maximum absolute atomic E-state index is 4.96. The van der Waals surface area contributed by atoms with Crippen LogP contribution in [-0.4, -0.2) is 0 Å². The normalized spacial score (nSPS) is 8.11. The van der Waals surface area contributed by atoms with Crippen LogP contribution in [0.15, 0.2) is 22.8 Å². The van der Waals surface area contributed by atoms with Crippen LogP contribution in [0.4, 0.5) is 0 Å². The van der Waals surface area contributed by atoms with Crippen molar-refractivity contribution < 1.29 is 4.42 Å². The van der Waals surface area contributed by atoms with E-state index in [2.05, 4.69) is 11.8 Å². The monoisotopic (exact) mass is 120 g/mol. The van der Waals surface area contributed by atoms with Crippen LogP contribution in [-0.2, 0) is 0 Å². The lowest BCUT2D eigenvalue weighted by molar-refractivity contribution is 0.554. The van der Waals surface area contributed by atoms with Crippen molar-refractivity contribution in [2.75, 3.05) is 0 Å². The van der Waals surface area contributed by atoms with Gasteiger partial charge in [-0.15, -0.1) is 0 Å². The second kappa shape index (κ2) is 2.99. The third-order valence-corrected chi connectivity index (χ3v) is 0.910. The van der Waals surface area contributed by atoms with Gasteiger partial charge in [-0.1, -0.05) is 12.8 Å². The molecule has 0 aliphatic rings. The molecule has 0 radical (unpaired) electrons. The summed E-state index contributed by atoms with van der Waals surface area (Å²) < 4.78 is 4.96. The first-order valence-corrected chi connectivity index (χ1v) is 2.96. The fraction of sp³-hybridized carbons (Fsp3) is 0.250. The van der Waals surface area contributed by atoms with Gasteiger partial charge in [-0.05, 0) is 18.1 Å². The van der Waals surface area contributed by atoms with Gasteiger partial charge < -0.3 is 4.42 Å². The number of hydrogen-bond acceptors (Lipinski definition) is 1. The predicted molar refractivity (Wildman–Crippen MR) is 35.9 cm³/mol. The lowest BCUT2D eigenvalue weighted by Crippen LogP contribution is -1.60. The Morgan fingerprint density at radius 3 is 3.11 bits per heavy atom. The summed E-state index contributed by atoms with van der Waals surface area (Å²) in [6.07, 6.45) is 2.50. The minimum atomic E-state index is 0.747. The highest BCUT2D eigenvalue weighted by Gasteiger charge is 1.82. The molecule has 0 saturated heterocycles. The van der Waals surface area contributed by atoms with E-state index in [-0.39, 0.29) is 0 Å². The lowest BCUT2D eigenvalue weighted by atomic mass is 10.4. The van der Waals surface area contributed by atoms with E-state index in [4.69, 9.17) is 4.42 Å². The molecule has 0 unspecified atom stereocenters. The van der Waals surface area contributed by atoms with Crippen LogP contribution in [0.25, 0.3) is 0 Å². The third kappa shape index (κ3) is 1.65. The van der Waals surface area contributed by atoms with Gasteiger partial charge in [0.2, 0.25) is 0 Å². The van der Waals surface area contributed by atoms with Crippen molar-refractivity contribution in [2.45, 2.75) is 13.3 Å². The second-order valence-electron chi connectivity index (χ2n) is 1.63. The molecule has 0 atom stereocenters. The SMILES string of the molecule is CCC#Cc1ccco1. The average Bonchev–Trinajstić information content (AvgIpc) is 2.34. The first-order chi connectivity index (χ1) is 4.43. The Hall–Kier alpha value is -1.16. The molecular weight excluding hydrogens is 112 g/mol.